The molecule has 132 valence electrons. The molecule has 1 saturated carbocycles. The van der Waals surface area contributed by atoms with Gasteiger partial charge in [0.2, 0.25) is 5.91 Å². The molecule has 0 radical (unpaired) electrons. The van der Waals surface area contributed by atoms with Crippen LogP contribution >= 0.6 is 11.6 Å². The minimum Gasteiger partial charge on any atom is -0.480 e. The summed E-state index contributed by atoms with van der Waals surface area (Å²) in [5.41, 5.74) is 1.18. The lowest BCUT2D eigenvalue weighted by Crippen LogP contribution is -2.54. The Bertz CT molecular complexity index is 556. The molecule has 0 heterocycles. The van der Waals surface area contributed by atoms with Crippen molar-refractivity contribution in [2.75, 3.05) is 13.1 Å². The van der Waals surface area contributed by atoms with Gasteiger partial charge in [-0.2, -0.15) is 0 Å². The van der Waals surface area contributed by atoms with Crippen LogP contribution in [0.5, 0.6) is 0 Å². The quantitative estimate of drug-likeness (QED) is 0.717. The van der Waals surface area contributed by atoms with Crippen LogP contribution in [0.4, 0.5) is 0 Å². The Hall–Kier alpha value is -1.59. The number of amides is 1. The van der Waals surface area contributed by atoms with Crippen LogP contribution in [0.2, 0.25) is 5.02 Å². The number of halogens is 1. The summed E-state index contributed by atoms with van der Waals surface area (Å²) in [6, 6.07) is 8.15. The molecule has 24 heavy (non-hydrogen) atoms. The Labute approximate surface area is 148 Å². The number of carbonyl (C=O) groups is 2. The molecule has 1 aromatic carbocycles. The van der Waals surface area contributed by atoms with Crippen LogP contribution in [0.3, 0.4) is 0 Å². The Morgan fingerprint density at radius 3 is 2.54 bits per heavy atom. The lowest BCUT2D eigenvalue weighted by Gasteiger charge is -2.42. The van der Waals surface area contributed by atoms with Crippen molar-refractivity contribution in [3.63, 3.8) is 0 Å². The van der Waals surface area contributed by atoms with Gasteiger partial charge in [0.15, 0.2) is 0 Å². The first-order chi connectivity index (χ1) is 11.5. The normalized spacial score (nSPS) is 19.8. The van der Waals surface area contributed by atoms with Gasteiger partial charge in [-0.25, -0.2) is 0 Å². The van der Waals surface area contributed by atoms with E-state index in [-0.39, 0.29) is 24.5 Å². The molecule has 1 aliphatic carbocycles. The molecule has 1 aromatic rings. The molecule has 0 aromatic heterocycles. The Morgan fingerprint density at radius 2 is 1.96 bits per heavy atom. The highest BCUT2D eigenvalue weighted by molar-refractivity contribution is 6.30. The van der Waals surface area contributed by atoms with Gasteiger partial charge in [0, 0.05) is 23.5 Å². The van der Waals surface area contributed by atoms with E-state index in [0.29, 0.717) is 6.42 Å². The van der Waals surface area contributed by atoms with Crippen LogP contribution in [0.15, 0.2) is 24.3 Å². The van der Waals surface area contributed by atoms with Crippen LogP contribution in [0, 0.1) is 0 Å². The monoisotopic (exact) mass is 352 g/mol. The van der Waals surface area contributed by atoms with Gasteiger partial charge in [0.1, 0.15) is 0 Å². The maximum absolute atomic E-state index is 12.0. The molecule has 2 rings (SSSR count). The lowest BCUT2D eigenvalue weighted by atomic mass is 9.85. The standard InChI is InChI=1S/C18H25ClN2O3/c1-2-21(12-18(23)24)16-10-15(11-16)20-17(22)5-3-4-13-6-8-14(19)9-7-13/h6-9,15-16H,2-5,10-12H2,1H3,(H,20,22)(H,23,24). The molecule has 5 nitrogen and oxygen atoms in total. The SMILES string of the molecule is CCN(CC(=O)O)C1CC(NC(=O)CCCc2ccc(Cl)cc2)C1. The largest absolute Gasteiger partial charge is 0.480 e. The minimum absolute atomic E-state index is 0.0723. The molecule has 1 fully saturated rings. The van der Waals surface area contributed by atoms with Crippen molar-refractivity contribution in [1.82, 2.24) is 10.2 Å². The van der Waals surface area contributed by atoms with E-state index in [0.717, 1.165) is 37.3 Å². The number of aryl methyl sites for hydroxylation is 1. The van der Waals surface area contributed by atoms with Gasteiger partial charge in [-0.3, -0.25) is 14.5 Å². The second-order valence-corrected chi connectivity index (χ2v) is 6.76. The number of carboxylic acid groups (broad SMARTS) is 1. The van der Waals surface area contributed by atoms with Gasteiger partial charge < -0.3 is 10.4 Å². The maximum atomic E-state index is 12.0. The number of carbonyl (C=O) groups excluding carboxylic acids is 1. The number of hydrogen-bond donors (Lipinski definition) is 2. The predicted molar refractivity (Wildman–Crippen MR) is 94.2 cm³/mol. The Kier molecular flexibility index (Phi) is 7.06. The Balaban J connectivity index is 1.62. The third-order valence-electron chi connectivity index (χ3n) is 4.52. The van der Waals surface area contributed by atoms with Crippen LogP contribution in [-0.2, 0) is 16.0 Å². The summed E-state index contributed by atoms with van der Waals surface area (Å²) in [4.78, 5) is 24.7. The molecule has 1 aliphatic rings. The highest BCUT2D eigenvalue weighted by Gasteiger charge is 2.34. The number of hydrogen-bond acceptors (Lipinski definition) is 3. The van der Waals surface area contributed by atoms with E-state index in [1.54, 1.807) is 0 Å². The molecule has 6 heteroatoms. The van der Waals surface area contributed by atoms with Gasteiger partial charge >= 0.3 is 5.97 Å². The van der Waals surface area contributed by atoms with Crippen molar-refractivity contribution in [3.8, 4) is 0 Å². The molecule has 1 amide bonds. The number of likely N-dealkylation sites (N-methyl/N-ethyl adjacent to an activating group) is 1. The van der Waals surface area contributed by atoms with Crippen molar-refractivity contribution in [3.05, 3.63) is 34.9 Å². The first-order valence-corrected chi connectivity index (χ1v) is 8.85. The summed E-state index contributed by atoms with van der Waals surface area (Å²) in [7, 11) is 0. The van der Waals surface area contributed by atoms with Crippen molar-refractivity contribution < 1.29 is 14.7 Å². The second-order valence-electron chi connectivity index (χ2n) is 6.33. The van der Waals surface area contributed by atoms with Gasteiger partial charge in [0.25, 0.3) is 0 Å². The smallest absolute Gasteiger partial charge is 0.317 e. The van der Waals surface area contributed by atoms with E-state index in [1.165, 1.54) is 5.56 Å². The molecular formula is C18H25ClN2O3. The van der Waals surface area contributed by atoms with Crippen LogP contribution in [-0.4, -0.2) is 47.1 Å². The molecule has 0 saturated heterocycles. The highest BCUT2D eigenvalue weighted by atomic mass is 35.5. The number of rotatable bonds is 9. The zero-order valence-electron chi connectivity index (χ0n) is 14.0. The average molecular weight is 353 g/mol. The van der Waals surface area contributed by atoms with E-state index in [4.69, 9.17) is 16.7 Å². The van der Waals surface area contributed by atoms with E-state index < -0.39 is 5.97 Å². The molecule has 0 aliphatic heterocycles. The van der Waals surface area contributed by atoms with Crippen molar-refractivity contribution in [2.45, 2.75) is 51.1 Å². The zero-order chi connectivity index (χ0) is 17.5. The topological polar surface area (TPSA) is 69.6 Å². The second kappa shape index (κ2) is 9.04. The fraction of sp³-hybridized carbons (Fsp3) is 0.556. The molecule has 0 atom stereocenters. The average Bonchev–Trinajstić information content (AvgIpc) is 2.50. The van der Waals surface area contributed by atoms with Crippen molar-refractivity contribution in [1.29, 1.82) is 0 Å². The number of nitrogens with zero attached hydrogens (tertiary/aromatic N) is 1. The summed E-state index contributed by atoms with van der Waals surface area (Å²) >= 11 is 5.85. The first kappa shape index (κ1) is 18.7. The minimum atomic E-state index is -0.800. The van der Waals surface area contributed by atoms with E-state index >= 15 is 0 Å². The maximum Gasteiger partial charge on any atom is 0.317 e. The summed E-state index contributed by atoms with van der Waals surface area (Å²) < 4.78 is 0. The fourth-order valence-corrected chi connectivity index (χ4v) is 3.21. The Morgan fingerprint density at radius 1 is 1.29 bits per heavy atom. The van der Waals surface area contributed by atoms with Crippen LogP contribution in [0.25, 0.3) is 0 Å². The highest BCUT2D eigenvalue weighted by Crippen LogP contribution is 2.25. The number of nitrogens with one attached hydrogen (secondary N) is 1. The van der Waals surface area contributed by atoms with Gasteiger partial charge in [-0.05, 0) is 49.9 Å². The summed E-state index contributed by atoms with van der Waals surface area (Å²) in [6.07, 6.45) is 3.86. The number of carboxylic acids is 1. The summed E-state index contributed by atoms with van der Waals surface area (Å²) in [6.45, 7) is 2.76. The van der Waals surface area contributed by atoms with Crippen LogP contribution in [0.1, 0.15) is 38.2 Å². The first-order valence-electron chi connectivity index (χ1n) is 8.47. The van der Waals surface area contributed by atoms with Gasteiger partial charge in [0.05, 0.1) is 6.54 Å². The van der Waals surface area contributed by atoms with E-state index in [1.807, 2.05) is 36.1 Å². The fourth-order valence-electron chi connectivity index (χ4n) is 3.08. The van der Waals surface area contributed by atoms with E-state index in [9.17, 15) is 9.59 Å². The van der Waals surface area contributed by atoms with Gasteiger partial charge in [-0.15, -0.1) is 0 Å². The third-order valence-corrected chi connectivity index (χ3v) is 4.77. The summed E-state index contributed by atoms with van der Waals surface area (Å²) in [5, 5.41) is 12.6. The lowest BCUT2D eigenvalue weighted by molar-refractivity contribution is -0.139. The number of benzene rings is 1. The van der Waals surface area contributed by atoms with E-state index in [2.05, 4.69) is 5.32 Å². The van der Waals surface area contributed by atoms with Crippen molar-refractivity contribution in [2.24, 2.45) is 0 Å². The summed E-state index contributed by atoms with van der Waals surface area (Å²) in [5.74, 6) is -0.722. The molecule has 0 spiro atoms. The van der Waals surface area contributed by atoms with Crippen molar-refractivity contribution >= 4 is 23.5 Å². The third kappa shape index (κ3) is 5.80. The molecular weight excluding hydrogens is 328 g/mol. The molecule has 0 unspecified atom stereocenters. The number of aliphatic carboxylic acids is 1. The zero-order valence-corrected chi connectivity index (χ0v) is 14.8. The molecule has 0 bridgehead atoms. The van der Waals surface area contributed by atoms with Gasteiger partial charge in [-0.1, -0.05) is 30.7 Å². The van der Waals surface area contributed by atoms with Crippen LogP contribution < -0.4 is 5.32 Å². The molecule has 2 N–H and O–H groups in total. The predicted octanol–water partition coefficient (Wildman–Crippen LogP) is 2.72.